The van der Waals surface area contributed by atoms with Gasteiger partial charge in [0.15, 0.2) is 11.5 Å². The molecule has 1 heterocycles. The van der Waals surface area contributed by atoms with E-state index in [-0.39, 0.29) is 0 Å². The van der Waals surface area contributed by atoms with E-state index in [1.165, 1.54) is 0 Å². The lowest BCUT2D eigenvalue weighted by Gasteiger charge is -2.13. The van der Waals surface area contributed by atoms with Crippen LogP contribution in [0.15, 0.2) is 30.9 Å². The van der Waals surface area contributed by atoms with Crippen LogP contribution in [0.5, 0.6) is 11.5 Å². The molecule has 2 rings (SSSR count). The summed E-state index contributed by atoms with van der Waals surface area (Å²) in [6.07, 6.45) is 3.18. The minimum atomic E-state index is 0.596. The molecule has 6 nitrogen and oxygen atoms in total. The summed E-state index contributed by atoms with van der Waals surface area (Å²) < 4.78 is 12.2. The molecule has 0 spiro atoms. The number of methoxy groups -OCH3 is 2. The normalized spacial score (nSPS) is 10.0. The predicted molar refractivity (Wildman–Crippen MR) is 62.6 cm³/mol. The van der Waals surface area contributed by atoms with Crippen LogP contribution in [0, 0.1) is 0 Å². The minimum absolute atomic E-state index is 0.596. The molecule has 0 saturated heterocycles. The van der Waals surface area contributed by atoms with Crippen molar-refractivity contribution in [3.05, 3.63) is 36.4 Å². The van der Waals surface area contributed by atoms with Crippen molar-refractivity contribution in [3.8, 4) is 11.5 Å². The van der Waals surface area contributed by atoms with Gasteiger partial charge < -0.3 is 14.9 Å². The van der Waals surface area contributed by atoms with Gasteiger partial charge in [0.25, 0.3) is 0 Å². The average molecular weight is 234 g/mol. The molecule has 6 heteroatoms. The van der Waals surface area contributed by atoms with E-state index in [1.54, 1.807) is 31.6 Å². The summed E-state index contributed by atoms with van der Waals surface area (Å²) >= 11 is 0. The summed E-state index contributed by atoms with van der Waals surface area (Å²) in [5.74, 6) is 1.45. The summed E-state index contributed by atoms with van der Waals surface area (Å²) in [5.41, 5.74) is 4.12. The standard InChI is InChI=1S/C11H14N4O2/c1-16-10-5-3-4-9(11(10)17-2)6-14-15-7-12-13-8-15/h3-5,7-8,14H,6H2,1-2H3. The monoisotopic (exact) mass is 234 g/mol. The SMILES string of the molecule is COc1cccc(CNn2cnnc2)c1OC. The van der Waals surface area contributed by atoms with Crippen LogP contribution in [0.4, 0.5) is 0 Å². The first-order chi connectivity index (χ1) is 8.35. The molecule has 0 atom stereocenters. The van der Waals surface area contributed by atoms with E-state index in [9.17, 15) is 0 Å². The number of ether oxygens (including phenoxy) is 2. The van der Waals surface area contributed by atoms with Crippen molar-refractivity contribution in [2.24, 2.45) is 0 Å². The second-order valence-electron chi connectivity index (χ2n) is 3.36. The van der Waals surface area contributed by atoms with Crippen LogP contribution in [0.25, 0.3) is 0 Å². The summed E-state index contributed by atoms with van der Waals surface area (Å²) in [4.78, 5) is 0. The Morgan fingerprint density at radius 2 is 1.94 bits per heavy atom. The van der Waals surface area contributed by atoms with Crippen molar-refractivity contribution in [2.45, 2.75) is 6.54 Å². The molecular formula is C11H14N4O2. The summed E-state index contributed by atoms with van der Waals surface area (Å²) in [6, 6.07) is 5.75. The number of hydrogen-bond acceptors (Lipinski definition) is 5. The molecular weight excluding hydrogens is 220 g/mol. The van der Waals surface area contributed by atoms with Crippen LogP contribution >= 0.6 is 0 Å². The number of rotatable bonds is 5. The van der Waals surface area contributed by atoms with Crippen molar-refractivity contribution in [2.75, 3.05) is 19.6 Å². The Labute approximate surface area is 99.2 Å². The molecule has 90 valence electrons. The number of nitrogens with zero attached hydrogens (tertiary/aromatic N) is 3. The molecule has 0 bridgehead atoms. The maximum atomic E-state index is 5.33. The van der Waals surface area contributed by atoms with Crippen LogP contribution < -0.4 is 14.9 Å². The van der Waals surface area contributed by atoms with E-state index < -0.39 is 0 Å². The fraction of sp³-hybridized carbons (Fsp3) is 0.273. The predicted octanol–water partition coefficient (Wildman–Crippen LogP) is 1.04. The Bertz CT molecular complexity index is 470. The molecule has 0 unspecified atom stereocenters. The van der Waals surface area contributed by atoms with Crippen LogP contribution in [-0.2, 0) is 6.54 Å². The largest absolute Gasteiger partial charge is 0.493 e. The maximum Gasteiger partial charge on any atom is 0.165 e. The first-order valence-corrected chi connectivity index (χ1v) is 5.13. The lowest BCUT2D eigenvalue weighted by Crippen LogP contribution is -2.13. The minimum Gasteiger partial charge on any atom is -0.493 e. The Kier molecular flexibility index (Phi) is 3.44. The number of nitrogens with one attached hydrogen (secondary N) is 1. The molecule has 0 aliphatic carbocycles. The topological polar surface area (TPSA) is 61.2 Å². The molecule has 0 aliphatic heterocycles. The molecule has 0 saturated carbocycles. The Morgan fingerprint density at radius 3 is 2.59 bits per heavy atom. The highest BCUT2D eigenvalue weighted by molar-refractivity contribution is 5.46. The van der Waals surface area contributed by atoms with Crippen molar-refractivity contribution < 1.29 is 9.47 Å². The first kappa shape index (κ1) is 11.3. The first-order valence-electron chi connectivity index (χ1n) is 5.13. The van der Waals surface area contributed by atoms with E-state index in [0.717, 1.165) is 17.1 Å². The van der Waals surface area contributed by atoms with Gasteiger partial charge in [-0.25, -0.2) is 4.68 Å². The van der Waals surface area contributed by atoms with Gasteiger partial charge >= 0.3 is 0 Å². The molecule has 17 heavy (non-hydrogen) atoms. The number of benzene rings is 1. The number of para-hydroxylation sites is 1. The summed E-state index contributed by atoms with van der Waals surface area (Å²) in [6.45, 7) is 0.596. The van der Waals surface area contributed by atoms with Gasteiger partial charge in [0.1, 0.15) is 12.7 Å². The van der Waals surface area contributed by atoms with Crippen LogP contribution in [0.2, 0.25) is 0 Å². The van der Waals surface area contributed by atoms with Gasteiger partial charge in [-0.05, 0) is 6.07 Å². The van der Waals surface area contributed by atoms with Gasteiger partial charge in [-0.1, -0.05) is 12.1 Å². The van der Waals surface area contributed by atoms with Gasteiger partial charge in [-0.2, -0.15) is 0 Å². The van der Waals surface area contributed by atoms with Gasteiger partial charge in [0.2, 0.25) is 0 Å². The molecule has 1 aromatic carbocycles. The molecule has 1 N–H and O–H groups in total. The highest BCUT2D eigenvalue weighted by Crippen LogP contribution is 2.30. The Hall–Kier alpha value is -2.24. The van der Waals surface area contributed by atoms with E-state index in [0.29, 0.717) is 6.54 Å². The molecule has 0 amide bonds. The average Bonchev–Trinajstić information content (AvgIpc) is 2.88. The van der Waals surface area contributed by atoms with E-state index >= 15 is 0 Å². The zero-order valence-electron chi connectivity index (χ0n) is 9.75. The third-order valence-electron chi connectivity index (χ3n) is 2.36. The Balaban J connectivity index is 2.14. The van der Waals surface area contributed by atoms with Crippen LogP contribution in [0.1, 0.15) is 5.56 Å². The number of aromatic nitrogens is 3. The zero-order valence-corrected chi connectivity index (χ0v) is 9.75. The smallest absolute Gasteiger partial charge is 0.165 e. The van der Waals surface area contributed by atoms with E-state index in [2.05, 4.69) is 15.6 Å². The zero-order chi connectivity index (χ0) is 12.1. The third-order valence-corrected chi connectivity index (χ3v) is 2.36. The third kappa shape index (κ3) is 2.47. The molecule has 1 aromatic heterocycles. The van der Waals surface area contributed by atoms with Gasteiger partial charge in [-0.3, -0.25) is 0 Å². The van der Waals surface area contributed by atoms with Gasteiger partial charge in [0.05, 0.1) is 20.8 Å². The lowest BCUT2D eigenvalue weighted by molar-refractivity contribution is 0.352. The van der Waals surface area contributed by atoms with Gasteiger partial charge in [0, 0.05) is 5.56 Å². The lowest BCUT2D eigenvalue weighted by atomic mass is 10.2. The second kappa shape index (κ2) is 5.20. The molecule has 2 aromatic rings. The van der Waals surface area contributed by atoms with Crippen molar-refractivity contribution in [1.29, 1.82) is 0 Å². The quantitative estimate of drug-likeness (QED) is 0.837. The highest BCUT2D eigenvalue weighted by atomic mass is 16.5. The molecule has 0 aliphatic rings. The van der Waals surface area contributed by atoms with Crippen molar-refractivity contribution >= 4 is 0 Å². The van der Waals surface area contributed by atoms with Crippen LogP contribution in [0.3, 0.4) is 0 Å². The maximum absolute atomic E-state index is 5.33. The molecule has 0 fully saturated rings. The van der Waals surface area contributed by atoms with E-state index in [4.69, 9.17) is 9.47 Å². The number of hydrogen-bond donors (Lipinski definition) is 1. The van der Waals surface area contributed by atoms with Crippen molar-refractivity contribution in [3.63, 3.8) is 0 Å². The second-order valence-corrected chi connectivity index (χ2v) is 3.36. The summed E-state index contributed by atoms with van der Waals surface area (Å²) in [7, 11) is 3.25. The fourth-order valence-electron chi connectivity index (χ4n) is 1.55. The van der Waals surface area contributed by atoms with Gasteiger partial charge in [-0.15, -0.1) is 10.2 Å². The van der Waals surface area contributed by atoms with Crippen LogP contribution in [-0.4, -0.2) is 29.1 Å². The molecule has 0 radical (unpaired) electrons. The fourth-order valence-corrected chi connectivity index (χ4v) is 1.55. The summed E-state index contributed by atoms with van der Waals surface area (Å²) in [5, 5.41) is 7.41. The Morgan fingerprint density at radius 1 is 1.18 bits per heavy atom. The van der Waals surface area contributed by atoms with Crippen molar-refractivity contribution in [1.82, 2.24) is 14.9 Å². The highest BCUT2D eigenvalue weighted by Gasteiger charge is 2.08. The van der Waals surface area contributed by atoms with E-state index in [1.807, 2.05) is 18.2 Å².